The Morgan fingerprint density at radius 1 is 0.795 bits per heavy atom. The number of hydrogen-bond donors (Lipinski definition) is 1. The van der Waals surface area contributed by atoms with Gasteiger partial charge in [-0.1, -0.05) is 90.9 Å². The van der Waals surface area contributed by atoms with Crippen LogP contribution in [0.25, 0.3) is 32.8 Å². The number of thiol groups is 1. The van der Waals surface area contributed by atoms with Crippen molar-refractivity contribution in [3.63, 3.8) is 0 Å². The Bertz CT molecular complexity index is 1540. The summed E-state index contributed by atoms with van der Waals surface area (Å²) in [6.07, 6.45) is 7.16. The number of fused-ring (bicyclic) bond motifs is 3. The van der Waals surface area contributed by atoms with Crippen molar-refractivity contribution in [2.45, 2.75) is 90.7 Å². The Labute approximate surface area is 241 Å². The van der Waals surface area contributed by atoms with Crippen LogP contribution in [0.3, 0.4) is 0 Å². The van der Waals surface area contributed by atoms with Gasteiger partial charge in [-0.2, -0.15) is 12.6 Å². The molecule has 204 valence electrons. The van der Waals surface area contributed by atoms with Gasteiger partial charge in [0.25, 0.3) is 0 Å². The molecule has 1 nitrogen and oxygen atoms in total. The lowest BCUT2D eigenvalue weighted by molar-refractivity contribution is -0.0547. The molecule has 4 atom stereocenters. The Kier molecular flexibility index (Phi) is 6.46. The SMILES string of the molecule is CC(C)(C)c1cc(-c2nccc3c(C4C(S)CCC5C4C(C)(C)CCC5(C)C)cccc23)cc2ccccc12. The summed E-state index contributed by atoms with van der Waals surface area (Å²) in [6.45, 7) is 17.0. The third-order valence-electron chi connectivity index (χ3n) is 10.5. The molecule has 2 fully saturated rings. The zero-order chi connectivity index (χ0) is 27.7. The number of nitrogens with zero attached hydrogens (tertiary/aromatic N) is 1. The first-order valence-electron chi connectivity index (χ1n) is 15.0. The van der Waals surface area contributed by atoms with Crippen molar-refractivity contribution < 1.29 is 0 Å². The van der Waals surface area contributed by atoms with Gasteiger partial charge in [0.05, 0.1) is 5.69 Å². The Morgan fingerprint density at radius 3 is 2.28 bits per heavy atom. The van der Waals surface area contributed by atoms with E-state index >= 15 is 0 Å². The molecule has 1 aromatic heterocycles. The van der Waals surface area contributed by atoms with E-state index in [9.17, 15) is 0 Å². The highest BCUT2D eigenvalue weighted by Gasteiger charge is 2.54. The molecule has 2 aliphatic carbocycles. The van der Waals surface area contributed by atoms with Gasteiger partial charge in [-0.05, 0) is 105 Å². The molecule has 0 spiro atoms. The van der Waals surface area contributed by atoms with Crippen molar-refractivity contribution in [3.05, 3.63) is 78.0 Å². The maximum atomic E-state index is 5.31. The molecule has 0 aliphatic heterocycles. The summed E-state index contributed by atoms with van der Waals surface area (Å²) in [5.41, 5.74) is 5.90. The topological polar surface area (TPSA) is 12.9 Å². The summed E-state index contributed by atoms with van der Waals surface area (Å²) in [6, 6.07) is 22.8. The number of benzene rings is 3. The fourth-order valence-electron chi connectivity index (χ4n) is 8.32. The second-order valence-electron chi connectivity index (χ2n) is 14.9. The average molecular weight is 536 g/mol. The van der Waals surface area contributed by atoms with E-state index < -0.39 is 0 Å². The lowest BCUT2D eigenvalue weighted by Crippen LogP contribution is -2.51. The number of hydrogen-bond acceptors (Lipinski definition) is 2. The predicted octanol–water partition coefficient (Wildman–Crippen LogP) is 10.6. The number of rotatable bonds is 2. The standard InChI is InChI=1S/C37H45NS/c1-35(2,3)30-22-24(21-23-11-8-9-12-25(23)30)34-28-14-10-13-27(26(28)17-20-38-34)32-31(39)16-15-29-33(32)37(6,7)19-18-36(29,4)5/h8-14,17,20-22,29,31-33,39H,15-16,18-19H2,1-7H3. The molecule has 2 aliphatic rings. The monoisotopic (exact) mass is 535 g/mol. The smallest absolute Gasteiger partial charge is 0.0780 e. The number of aromatic nitrogens is 1. The van der Waals surface area contributed by atoms with Crippen LogP contribution in [0.2, 0.25) is 0 Å². The van der Waals surface area contributed by atoms with Gasteiger partial charge in [0.15, 0.2) is 0 Å². The molecule has 0 N–H and O–H groups in total. The predicted molar refractivity (Wildman–Crippen MR) is 172 cm³/mol. The van der Waals surface area contributed by atoms with Crippen molar-refractivity contribution in [1.29, 1.82) is 0 Å². The molecule has 0 radical (unpaired) electrons. The molecule has 4 aromatic rings. The van der Waals surface area contributed by atoms with Gasteiger partial charge in [-0.15, -0.1) is 0 Å². The molecule has 3 aromatic carbocycles. The van der Waals surface area contributed by atoms with E-state index in [2.05, 4.69) is 109 Å². The maximum absolute atomic E-state index is 5.31. The summed E-state index contributed by atoms with van der Waals surface area (Å²) in [5.74, 6) is 1.82. The minimum absolute atomic E-state index is 0.0427. The first-order valence-corrected chi connectivity index (χ1v) is 15.5. The third-order valence-corrected chi connectivity index (χ3v) is 11.0. The van der Waals surface area contributed by atoms with Gasteiger partial charge in [0.2, 0.25) is 0 Å². The van der Waals surface area contributed by atoms with Crippen LogP contribution >= 0.6 is 12.6 Å². The molecule has 0 bridgehead atoms. The summed E-state index contributed by atoms with van der Waals surface area (Å²) < 4.78 is 0. The normalized spacial score (nSPS) is 26.5. The van der Waals surface area contributed by atoms with Crippen LogP contribution in [0.5, 0.6) is 0 Å². The molecule has 2 heteroatoms. The average Bonchev–Trinajstić information content (AvgIpc) is 2.89. The van der Waals surface area contributed by atoms with Crippen molar-refractivity contribution in [2.24, 2.45) is 22.7 Å². The minimum atomic E-state index is 0.0427. The maximum Gasteiger partial charge on any atom is 0.0780 e. The molecule has 2 saturated carbocycles. The summed E-state index contributed by atoms with van der Waals surface area (Å²) in [7, 11) is 0. The van der Waals surface area contributed by atoms with Gasteiger partial charge >= 0.3 is 0 Å². The highest BCUT2D eigenvalue weighted by Crippen LogP contribution is 2.62. The van der Waals surface area contributed by atoms with Gasteiger partial charge in [-0.3, -0.25) is 4.98 Å². The second kappa shape index (κ2) is 9.37. The lowest BCUT2D eigenvalue weighted by Gasteiger charge is -2.59. The van der Waals surface area contributed by atoms with Gasteiger partial charge < -0.3 is 0 Å². The zero-order valence-corrected chi connectivity index (χ0v) is 25.8. The number of pyridine rings is 1. The summed E-state index contributed by atoms with van der Waals surface area (Å²) >= 11 is 5.31. The van der Waals surface area contributed by atoms with E-state index in [4.69, 9.17) is 17.6 Å². The van der Waals surface area contributed by atoms with Crippen molar-refractivity contribution in [2.75, 3.05) is 0 Å². The minimum Gasteiger partial charge on any atom is -0.256 e. The van der Waals surface area contributed by atoms with Crippen LogP contribution < -0.4 is 0 Å². The van der Waals surface area contributed by atoms with Crippen molar-refractivity contribution in [1.82, 2.24) is 4.98 Å². The first kappa shape index (κ1) is 26.9. The Balaban J connectivity index is 1.55. The van der Waals surface area contributed by atoms with Crippen LogP contribution in [0, 0.1) is 22.7 Å². The van der Waals surface area contributed by atoms with Gasteiger partial charge in [0.1, 0.15) is 0 Å². The van der Waals surface area contributed by atoms with E-state index in [1.54, 1.807) is 0 Å². The molecule has 0 saturated heterocycles. The zero-order valence-electron chi connectivity index (χ0n) is 24.9. The quantitative estimate of drug-likeness (QED) is 0.252. The first-order chi connectivity index (χ1) is 18.4. The van der Waals surface area contributed by atoms with Crippen LogP contribution in [-0.4, -0.2) is 10.2 Å². The van der Waals surface area contributed by atoms with Crippen LogP contribution in [0.4, 0.5) is 0 Å². The summed E-state index contributed by atoms with van der Waals surface area (Å²) in [5, 5.41) is 5.63. The Hall–Kier alpha value is -2.32. The molecule has 4 unspecified atom stereocenters. The molecular formula is C37H45NS. The highest BCUT2D eigenvalue weighted by molar-refractivity contribution is 7.81. The van der Waals surface area contributed by atoms with Crippen LogP contribution in [0.1, 0.15) is 91.2 Å². The summed E-state index contributed by atoms with van der Waals surface area (Å²) in [4.78, 5) is 5.03. The fraction of sp³-hybridized carbons (Fsp3) is 0.486. The molecule has 0 amide bonds. The highest BCUT2D eigenvalue weighted by atomic mass is 32.1. The van der Waals surface area contributed by atoms with Crippen molar-refractivity contribution >= 4 is 34.2 Å². The molecule has 39 heavy (non-hydrogen) atoms. The third kappa shape index (κ3) is 4.51. The van der Waals surface area contributed by atoms with E-state index in [0.717, 1.165) is 11.6 Å². The second-order valence-corrected chi connectivity index (χ2v) is 15.5. The lowest BCUT2D eigenvalue weighted by atomic mass is 9.47. The fourth-order valence-corrected chi connectivity index (χ4v) is 8.82. The van der Waals surface area contributed by atoms with E-state index in [1.807, 2.05) is 6.20 Å². The van der Waals surface area contributed by atoms with E-state index in [1.165, 1.54) is 63.9 Å². The van der Waals surface area contributed by atoms with Crippen molar-refractivity contribution in [3.8, 4) is 11.3 Å². The van der Waals surface area contributed by atoms with Gasteiger partial charge in [-0.25, -0.2) is 0 Å². The van der Waals surface area contributed by atoms with Crippen LogP contribution in [-0.2, 0) is 5.41 Å². The molecule has 1 heterocycles. The largest absolute Gasteiger partial charge is 0.256 e. The van der Waals surface area contributed by atoms with E-state index in [0.29, 0.717) is 27.9 Å². The molecule has 6 rings (SSSR count). The molecular weight excluding hydrogens is 490 g/mol. The van der Waals surface area contributed by atoms with Gasteiger partial charge in [0, 0.05) is 22.4 Å². The van der Waals surface area contributed by atoms with E-state index in [-0.39, 0.29) is 5.41 Å². The Morgan fingerprint density at radius 2 is 1.51 bits per heavy atom. The van der Waals surface area contributed by atoms with Crippen LogP contribution in [0.15, 0.2) is 66.9 Å².